The van der Waals surface area contributed by atoms with Crippen LogP contribution in [0.25, 0.3) is 0 Å². The minimum atomic E-state index is -1.97. The number of aliphatic hydroxyl groups is 2. The van der Waals surface area contributed by atoms with Crippen molar-refractivity contribution in [2.75, 3.05) is 6.61 Å². The number of unbranched alkanes of at least 4 members (excludes halogenated alkanes) is 4. The average molecular weight is 603 g/mol. The van der Waals surface area contributed by atoms with Crippen molar-refractivity contribution < 1.29 is 43.6 Å². The van der Waals surface area contributed by atoms with Gasteiger partial charge in [0.15, 0.2) is 11.4 Å². The first-order chi connectivity index (χ1) is 20.1. The van der Waals surface area contributed by atoms with E-state index in [0.29, 0.717) is 24.0 Å². The first-order valence-corrected chi connectivity index (χ1v) is 16.0. The van der Waals surface area contributed by atoms with Gasteiger partial charge in [-0.25, -0.2) is 0 Å². The number of esters is 3. The molecule has 0 radical (unpaired) electrons. The molecule has 4 aliphatic carbocycles. The van der Waals surface area contributed by atoms with Crippen LogP contribution in [0, 0.1) is 29.1 Å². The maximum Gasteiger partial charge on any atom is 0.306 e. The number of ether oxygens (including phenoxy) is 3. The van der Waals surface area contributed by atoms with Gasteiger partial charge >= 0.3 is 17.9 Å². The Balaban J connectivity index is 1.79. The summed E-state index contributed by atoms with van der Waals surface area (Å²) >= 11 is 0. The lowest BCUT2D eigenvalue weighted by molar-refractivity contribution is -0.228. The number of rotatable bonds is 12. The number of ketones is 1. The first kappa shape index (κ1) is 33.4. The number of Topliss-reactive ketones (excluding diaryl/α,β-unsaturated/α-hetero) is 1. The molecule has 9 heteroatoms. The third-order valence-corrected chi connectivity index (χ3v) is 10.7. The van der Waals surface area contributed by atoms with Gasteiger partial charge in [-0.15, -0.1) is 0 Å². The quantitative estimate of drug-likeness (QED) is 0.140. The molecule has 0 aromatic carbocycles. The average Bonchev–Trinajstić information content (AvgIpc) is 3.36. The Morgan fingerprint density at radius 3 is 2.16 bits per heavy atom. The molecule has 4 aliphatic rings. The van der Waals surface area contributed by atoms with Crippen LogP contribution < -0.4 is 0 Å². The van der Waals surface area contributed by atoms with Crippen LogP contribution in [0.4, 0.5) is 0 Å². The SMILES string of the molecule is CCCCCC(=O)OCC1=C[C@H]2[C@@H]3C(C)(C)[C@]3(OC(=O)CCCCC)[C@H](OC(C)=O)[C@@H](C)[C@]2(O)[C@@H]2C=C(C)C(=O)[C@@]2(O)C1. The topological polar surface area (TPSA) is 136 Å². The summed E-state index contributed by atoms with van der Waals surface area (Å²) in [5.41, 5.74) is -4.80. The Labute approximate surface area is 255 Å². The largest absolute Gasteiger partial charge is 0.461 e. The highest BCUT2D eigenvalue weighted by Crippen LogP contribution is 2.77. The zero-order valence-electron chi connectivity index (χ0n) is 26.9. The summed E-state index contributed by atoms with van der Waals surface area (Å²) in [6.45, 7) is 12.5. The zero-order valence-corrected chi connectivity index (χ0v) is 26.9. The summed E-state index contributed by atoms with van der Waals surface area (Å²) in [7, 11) is 0. The van der Waals surface area contributed by atoms with Crippen LogP contribution in [-0.4, -0.2) is 63.4 Å². The molecule has 0 aliphatic heterocycles. The Morgan fingerprint density at radius 2 is 1.58 bits per heavy atom. The van der Waals surface area contributed by atoms with Gasteiger partial charge in [0.1, 0.15) is 18.3 Å². The van der Waals surface area contributed by atoms with Crippen molar-refractivity contribution in [2.24, 2.45) is 29.1 Å². The lowest BCUT2D eigenvalue weighted by Crippen LogP contribution is -2.66. The normalized spacial score (nSPS) is 37.1. The molecular formula is C34H50O9. The van der Waals surface area contributed by atoms with Gasteiger partial charge in [0, 0.05) is 55.3 Å². The van der Waals surface area contributed by atoms with E-state index in [-0.39, 0.29) is 37.8 Å². The van der Waals surface area contributed by atoms with E-state index in [1.54, 1.807) is 19.9 Å². The van der Waals surface area contributed by atoms with Crippen molar-refractivity contribution in [2.45, 2.75) is 129 Å². The highest BCUT2D eigenvalue weighted by atomic mass is 16.6. The standard InChI is InChI=1S/C34H50O9/c1-8-10-12-14-26(36)41-19-23-17-24-28-31(6,7)34(28,43-27(37)15-13-11-9-2)30(42-22(5)35)21(4)33(24,40)25-16-20(3)29(38)32(25,39)18-23/h16-17,21,24-25,28,30,39-40H,8-15,18-19H2,1-7H3/t21-,24+,25-,28-,30-,32-,33-,34-/m1/s1. The molecule has 4 rings (SSSR count). The van der Waals surface area contributed by atoms with Crippen LogP contribution in [0.2, 0.25) is 0 Å². The van der Waals surface area contributed by atoms with Gasteiger partial charge in [-0.1, -0.05) is 72.5 Å². The lowest BCUT2D eigenvalue weighted by Gasteiger charge is -2.53. The van der Waals surface area contributed by atoms with Gasteiger partial charge in [-0.3, -0.25) is 19.2 Å². The molecule has 0 aromatic heterocycles. The second-order valence-electron chi connectivity index (χ2n) is 13.9. The molecule has 9 nitrogen and oxygen atoms in total. The number of carbonyl (C=O) groups excluding carboxylic acids is 4. The van der Waals surface area contributed by atoms with E-state index in [1.165, 1.54) is 6.92 Å². The summed E-state index contributed by atoms with van der Waals surface area (Å²) in [5, 5.41) is 24.9. The van der Waals surface area contributed by atoms with Crippen LogP contribution in [0.5, 0.6) is 0 Å². The molecule has 43 heavy (non-hydrogen) atoms. The fourth-order valence-corrected chi connectivity index (χ4v) is 8.52. The van der Waals surface area contributed by atoms with Gasteiger partial charge < -0.3 is 24.4 Å². The van der Waals surface area contributed by atoms with E-state index in [4.69, 9.17) is 14.2 Å². The Hall–Kier alpha value is -2.52. The minimum absolute atomic E-state index is 0.118. The van der Waals surface area contributed by atoms with Crippen LogP contribution in [0.3, 0.4) is 0 Å². The Bertz CT molecular complexity index is 1200. The molecule has 0 amide bonds. The van der Waals surface area contributed by atoms with Crippen molar-refractivity contribution >= 4 is 23.7 Å². The number of hydrogen-bond acceptors (Lipinski definition) is 9. The van der Waals surface area contributed by atoms with Gasteiger partial charge in [0.2, 0.25) is 0 Å². The first-order valence-electron chi connectivity index (χ1n) is 16.0. The van der Waals surface area contributed by atoms with E-state index in [9.17, 15) is 29.4 Å². The van der Waals surface area contributed by atoms with Crippen molar-refractivity contribution in [3.05, 3.63) is 23.3 Å². The van der Waals surface area contributed by atoms with E-state index in [0.717, 1.165) is 25.7 Å². The summed E-state index contributed by atoms with van der Waals surface area (Å²) in [6, 6.07) is 0. The Kier molecular flexibility index (Phi) is 9.40. The molecular weight excluding hydrogens is 552 g/mol. The van der Waals surface area contributed by atoms with Crippen LogP contribution >= 0.6 is 0 Å². The van der Waals surface area contributed by atoms with Crippen LogP contribution in [0.15, 0.2) is 23.3 Å². The van der Waals surface area contributed by atoms with Gasteiger partial charge in [-0.2, -0.15) is 0 Å². The second kappa shape index (κ2) is 12.1. The van der Waals surface area contributed by atoms with E-state index >= 15 is 0 Å². The fourth-order valence-electron chi connectivity index (χ4n) is 8.52. The van der Waals surface area contributed by atoms with Gasteiger partial charge in [-0.05, 0) is 30.9 Å². The molecule has 0 unspecified atom stereocenters. The minimum Gasteiger partial charge on any atom is -0.461 e. The van der Waals surface area contributed by atoms with Crippen molar-refractivity contribution in [1.29, 1.82) is 0 Å². The van der Waals surface area contributed by atoms with Crippen LogP contribution in [-0.2, 0) is 33.4 Å². The van der Waals surface area contributed by atoms with E-state index in [2.05, 4.69) is 0 Å². The molecule has 2 saturated carbocycles. The molecule has 2 N–H and O–H groups in total. The van der Waals surface area contributed by atoms with Crippen molar-refractivity contribution in [3.8, 4) is 0 Å². The lowest BCUT2D eigenvalue weighted by atomic mass is 9.59. The molecule has 0 heterocycles. The number of fused-ring (bicyclic) bond motifs is 5. The summed E-state index contributed by atoms with van der Waals surface area (Å²) in [4.78, 5) is 51.7. The highest BCUT2D eigenvalue weighted by molar-refractivity contribution is 6.04. The maximum absolute atomic E-state index is 13.5. The predicted molar refractivity (Wildman–Crippen MR) is 158 cm³/mol. The molecule has 2 fully saturated rings. The highest BCUT2D eigenvalue weighted by Gasteiger charge is 2.87. The Morgan fingerprint density at radius 1 is 0.977 bits per heavy atom. The smallest absolute Gasteiger partial charge is 0.306 e. The third kappa shape index (κ3) is 5.39. The summed E-state index contributed by atoms with van der Waals surface area (Å²) in [6.07, 6.45) is 7.91. The predicted octanol–water partition coefficient (Wildman–Crippen LogP) is 4.76. The number of carbonyl (C=O) groups is 4. The van der Waals surface area contributed by atoms with E-state index < -0.39 is 63.7 Å². The van der Waals surface area contributed by atoms with Crippen molar-refractivity contribution in [3.63, 3.8) is 0 Å². The molecule has 0 spiro atoms. The summed E-state index contributed by atoms with van der Waals surface area (Å²) < 4.78 is 17.8. The monoisotopic (exact) mass is 602 g/mol. The zero-order chi connectivity index (χ0) is 32.0. The molecule has 240 valence electrons. The number of hydrogen-bond donors (Lipinski definition) is 2. The molecule has 0 bridgehead atoms. The van der Waals surface area contributed by atoms with Gasteiger partial charge in [0.05, 0.1) is 5.60 Å². The maximum atomic E-state index is 13.5. The van der Waals surface area contributed by atoms with Crippen molar-refractivity contribution in [1.82, 2.24) is 0 Å². The molecule has 0 aromatic rings. The van der Waals surface area contributed by atoms with E-state index in [1.807, 2.05) is 33.8 Å². The van der Waals surface area contributed by atoms with Gasteiger partial charge in [0.25, 0.3) is 0 Å². The second-order valence-corrected chi connectivity index (χ2v) is 13.9. The summed E-state index contributed by atoms with van der Waals surface area (Å²) in [5.74, 6) is -4.86. The molecule has 0 saturated heterocycles. The molecule has 8 atom stereocenters. The fraction of sp³-hybridized carbons (Fsp3) is 0.765. The van der Waals surface area contributed by atoms with Crippen LogP contribution in [0.1, 0.15) is 106 Å². The third-order valence-electron chi connectivity index (χ3n) is 10.7.